The Morgan fingerprint density at radius 1 is 1.21 bits per heavy atom. The molecule has 5 rings (SSSR count). The number of oxime groups is 1. The zero-order chi connectivity index (χ0) is 27.6. The van der Waals surface area contributed by atoms with Crippen molar-refractivity contribution in [3.8, 4) is 0 Å². The van der Waals surface area contributed by atoms with Crippen molar-refractivity contribution in [3.63, 3.8) is 0 Å². The minimum absolute atomic E-state index is 0.0307. The molecule has 2 saturated heterocycles. The van der Waals surface area contributed by atoms with E-state index in [-0.39, 0.29) is 33.9 Å². The number of nitrogens with zero attached hydrogens (tertiary/aromatic N) is 4. The van der Waals surface area contributed by atoms with E-state index >= 15 is 0 Å². The molecule has 13 heteroatoms. The van der Waals surface area contributed by atoms with Crippen LogP contribution in [-0.4, -0.2) is 91.0 Å². The van der Waals surface area contributed by atoms with Crippen LogP contribution in [-0.2, 0) is 35.5 Å². The highest BCUT2D eigenvalue weighted by Gasteiger charge is 2.37. The van der Waals surface area contributed by atoms with Crippen LogP contribution < -0.4 is 5.32 Å². The summed E-state index contributed by atoms with van der Waals surface area (Å²) in [6.45, 7) is 7.50. The molecule has 0 unspecified atom stereocenters. The maximum Gasteiger partial charge on any atom is 0.280 e. The van der Waals surface area contributed by atoms with E-state index in [0.29, 0.717) is 56.3 Å². The lowest BCUT2D eigenvalue weighted by molar-refractivity contribution is -0.133. The van der Waals surface area contributed by atoms with Crippen molar-refractivity contribution in [3.05, 3.63) is 40.9 Å². The summed E-state index contributed by atoms with van der Waals surface area (Å²) in [7, 11) is -3.34. The Morgan fingerprint density at radius 3 is 2.62 bits per heavy atom. The number of rotatable bonds is 9. The Labute approximate surface area is 232 Å². The summed E-state index contributed by atoms with van der Waals surface area (Å²) in [5.41, 5.74) is 0.471. The Bertz CT molecular complexity index is 1330. The molecule has 210 valence electrons. The van der Waals surface area contributed by atoms with Gasteiger partial charge in [0.25, 0.3) is 5.91 Å². The first-order chi connectivity index (χ1) is 18.7. The molecular weight excluding hydrogens is 542 g/mol. The predicted molar refractivity (Wildman–Crippen MR) is 146 cm³/mol. The van der Waals surface area contributed by atoms with Crippen LogP contribution in [0.25, 0.3) is 0 Å². The SMILES string of the molecule is CC(=O)N1CCN(Cc2cnc(NC(=O)C(=NO[C@@H]3CCOC3)c3ccc(S(=O)(=O)C4CC4)cc3)s2)C[C@@H]1C. The average molecular weight is 576 g/mol. The fraction of sp³-hybridized carbons (Fsp3) is 0.538. The van der Waals surface area contributed by atoms with Crippen LogP contribution in [0.5, 0.6) is 0 Å². The molecule has 3 fully saturated rings. The Balaban J connectivity index is 1.27. The number of benzene rings is 1. The van der Waals surface area contributed by atoms with Gasteiger partial charge in [0.15, 0.2) is 26.8 Å². The van der Waals surface area contributed by atoms with Gasteiger partial charge in [0.2, 0.25) is 5.91 Å². The highest BCUT2D eigenvalue weighted by molar-refractivity contribution is 7.92. The highest BCUT2D eigenvalue weighted by atomic mass is 32.2. The molecule has 0 spiro atoms. The van der Waals surface area contributed by atoms with Crippen molar-refractivity contribution < 1.29 is 27.6 Å². The lowest BCUT2D eigenvalue weighted by Gasteiger charge is -2.39. The summed E-state index contributed by atoms with van der Waals surface area (Å²) in [6.07, 6.45) is 3.52. The molecule has 1 N–H and O–H groups in total. The van der Waals surface area contributed by atoms with Gasteiger partial charge in [-0.25, -0.2) is 13.4 Å². The Kier molecular flexibility index (Phi) is 8.31. The Hall–Kier alpha value is -2.87. The van der Waals surface area contributed by atoms with E-state index < -0.39 is 15.7 Å². The van der Waals surface area contributed by atoms with Gasteiger partial charge >= 0.3 is 0 Å². The third-order valence-electron chi connectivity index (χ3n) is 7.09. The maximum absolute atomic E-state index is 13.3. The van der Waals surface area contributed by atoms with Crippen LogP contribution >= 0.6 is 11.3 Å². The smallest absolute Gasteiger partial charge is 0.280 e. The molecule has 3 heterocycles. The van der Waals surface area contributed by atoms with Crippen LogP contribution in [0, 0.1) is 0 Å². The molecule has 11 nitrogen and oxygen atoms in total. The van der Waals surface area contributed by atoms with Gasteiger partial charge in [-0.3, -0.25) is 19.8 Å². The van der Waals surface area contributed by atoms with Crippen LogP contribution in [0.1, 0.15) is 43.6 Å². The summed E-state index contributed by atoms with van der Waals surface area (Å²) in [5.74, 6) is -0.415. The summed E-state index contributed by atoms with van der Waals surface area (Å²) in [4.78, 5) is 40.4. The Morgan fingerprint density at radius 2 is 1.97 bits per heavy atom. The van der Waals surface area contributed by atoms with Crippen LogP contribution in [0.4, 0.5) is 5.13 Å². The van der Waals surface area contributed by atoms with Crippen LogP contribution in [0.2, 0.25) is 0 Å². The fourth-order valence-electron chi connectivity index (χ4n) is 4.78. The standard InChI is InChI=1S/C26H33N5O6S2/c1-17-14-30(10-11-31(17)18(2)32)15-21-13-27-26(38-21)28-25(33)24(29-37-20-9-12-36-16-20)19-3-5-22(6-4-19)39(34,35)23-7-8-23/h3-6,13,17,20,23H,7-12,14-16H2,1-2H3,(H,27,28,33)/t17-,20+/m0/s1. The second-order valence-electron chi connectivity index (χ2n) is 10.2. The molecular formula is C26H33N5O6S2. The zero-order valence-electron chi connectivity index (χ0n) is 22.0. The summed E-state index contributed by atoms with van der Waals surface area (Å²) >= 11 is 1.37. The minimum atomic E-state index is -3.34. The summed E-state index contributed by atoms with van der Waals surface area (Å²) in [6, 6.07) is 6.32. The zero-order valence-corrected chi connectivity index (χ0v) is 23.7. The number of anilines is 1. The number of carbonyl (C=O) groups excluding carboxylic acids is 2. The average Bonchev–Trinajstić information content (AvgIpc) is 3.49. The number of ether oxygens (including phenoxy) is 1. The monoisotopic (exact) mass is 575 g/mol. The third kappa shape index (κ3) is 6.65. The van der Waals surface area contributed by atoms with Crippen LogP contribution in [0.15, 0.2) is 40.5 Å². The van der Waals surface area contributed by atoms with E-state index in [9.17, 15) is 18.0 Å². The molecule has 2 aromatic rings. The topological polar surface area (TPSA) is 130 Å². The minimum Gasteiger partial charge on any atom is -0.389 e. The van der Waals surface area contributed by atoms with Gasteiger partial charge in [0, 0.05) is 62.2 Å². The molecule has 1 aromatic heterocycles. The number of sulfone groups is 1. The van der Waals surface area contributed by atoms with Crippen molar-refractivity contribution in [2.75, 3.05) is 38.2 Å². The number of amides is 2. The maximum atomic E-state index is 13.3. The van der Waals surface area contributed by atoms with Crippen molar-refractivity contribution in [1.29, 1.82) is 0 Å². The number of hydrogen-bond acceptors (Lipinski definition) is 10. The first-order valence-corrected chi connectivity index (χ1v) is 15.5. The fourth-order valence-corrected chi connectivity index (χ4v) is 7.29. The first kappa shape index (κ1) is 27.7. The van der Waals surface area contributed by atoms with E-state index in [2.05, 4.69) is 20.4 Å². The number of hydrogen-bond donors (Lipinski definition) is 1. The third-order valence-corrected chi connectivity index (χ3v) is 10.3. The van der Waals surface area contributed by atoms with Gasteiger partial charge in [-0.2, -0.15) is 0 Å². The summed E-state index contributed by atoms with van der Waals surface area (Å²) in [5, 5.41) is 7.08. The number of thiazole rings is 1. The van der Waals surface area contributed by atoms with Gasteiger partial charge in [0.05, 0.1) is 23.4 Å². The first-order valence-electron chi connectivity index (χ1n) is 13.1. The number of aromatic nitrogens is 1. The number of nitrogens with one attached hydrogen (secondary N) is 1. The molecule has 3 aliphatic rings. The lowest BCUT2D eigenvalue weighted by atomic mass is 10.1. The van der Waals surface area contributed by atoms with Crippen molar-refractivity contribution in [2.45, 2.75) is 61.9 Å². The molecule has 2 atom stereocenters. The van der Waals surface area contributed by atoms with Crippen LogP contribution in [0.3, 0.4) is 0 Å². The second-order valence-corrected chi connectivity index (χ2v) is 13.5. The van der Waals surface area contributed by atoms with E-state index in [1.54, 1.807) is 25.3 Å². The molecule has 1 aromatic carbocycles. The van der Waals surface area contributed by atoms with Gasteiger partial charge in [-0.15, -0.1) is 11.3 Å². The van der Waals surface area contributed by atoms with Crippen molar-refractivity contribution in [1.82, 2.24) is 14.8 Å². The molecule has 0 bridgehead atoms. The van der Waals surface area contributed by atoms with Crippen molar-refractivity contribution in [2.24, 2.45) is 5.16 Å². The molecule has 0 radical (unpaired) electrons. The molecule has 39 heavy (non-hydrogen) atoms. The lowest BCUT2D eigenvalue weighted by Crippen LogP contribution is -2.52. The number of piperazine rings is 1. The molecule has 1 aliphatic carbocycles. The van der Waals surface area contributed by atoms with E-state index in [0.717, 1.165) is 18.0 Å². The quantitative estimate of drug-likeness (QED) is 0.356. The van der Waals surface area contributed by atoms with E-state index in [4.69, 9.17) is 9.57 Å². The van der Waals surface area contributed by atoms with E-state index in [1.165, 1.54) is 23.5 Å². The highest BCUT2D eigenvalue weighted by Crippen LogP contribution is 2.33. The van der Waals surface area contributed by atoms with Gasteiger partial charge in [0.1, 0.15) is 0 Å². The second kappa shape index (κ2) is 11.7. The number of carbonyl (C=O) groups is 2. The van der Waals surface area contributed by atoms with E-state index in [1.807, 2.05) is 11.8 Å². The largest absolute Gasteiger partial charge is 0.389 e. The van der Waals surface area contributed by atoms with Gasteiger partial charge < -0.3 is 14.5 Å². The van der Waals surface area contributed by atoms with Crippen molar-refractivity contribution >= 4 is 43.8 Å². The molecule has 1 saturated carbocycles. The summed E-state index contributed by atoms with van der Waals surface area (Å²) < 4.78 is 30.5. The molecule has 2 aliphatic heterocycles. The molecule has 2 amide bonds. The predicted octanol–water partition coefficient (Wildman–Crippen LogP) is 2.28. The van der Waals surface area contributed by atoms with Gasteiger partial charge in [-0.1, -0.05) is 17.3 Å². The van der Waals surface area contributed by atoms with Gasteiger partial charge in [-0.05, 0) is 31.9 Å². The normalized spacial score (nSPS) is 22.6.